The van der Waals surface area contributed by atoms with Gasteiger partial charge in [0.1, 0.15) is 0 Å². The predicted molar refractivity (Wildman–Crippen MR) is 81.4 cm³/mol. The van der Waals surface area contributed by atoms with Gasteiger partial charge in [0.25, 0.3) is 0 Å². The lowest BCUT2D eigenvalue weighted by Gasteiger charge is -2.27. The maximum atomic E-state index is 12.3. The molecule has 0 aliphatic rings. The van der Waals surface area contributed by atoms with E-state index in [4.69, 9.17) is 0 Å². The molecular weight excluding hydrogens is 238 g/mol. The second-order valence-corrected chi connectivity index (χ2v) is 10.2. The topological polar surface area (TPSA) is 32.9 Å². The van der Waals surface area contributed by atoms with Gasteiger partial charge in [0.05, 0.1) is 8.07 Å². The number of hydrogen-bond donors (Lipinski definition) is 1. The van der Waals surface area contributed by atoms with Crippen LogP contribution in [0.3, 0.4) is 0 Å². The van der Waals surface area contributed by atoms with Crippen molar-refractivity contribution in [1.82, 2.24) is 4.98 Å². The molecule has 0 fully saturated rings. The Bertz CT molecular complexity index is 590. The quantitative estimate of drug-likeness (QED) is 0.840. The van der Waals surface area contributed by atoms with Crippen molar-refractivity contribution < 1.29 is 0 Å². The summed E-state index contributed by atoms with van der Waals surface area (Å²) in [5.41, 5.74) is 1.07. The number of benzene rings is 1. The number of aromatic nitrogens is 1. The summed E-state index contributed by atoms with van der Waals surface area (Å²) in [5.74, 6) is 0. The number of H-pyrrole nitrogens is 1. The van der Waals surface area contributed by atoms with E-state index in [0.29, 0.717) is 0 Å². The van der Waals surface area contributed by atoms with Gasteiger partial charge in [-0.15, -0.1) is 0 Å². The number of rotatable bonds is 4. The van der Waals surface area contributed by atoms with Crippen LogP contribution in [0.25, 0.3) is 10.9 Å². The molecule has 0 saturated heterocycles. The molecule has 0 saturated carbocycles. The molecule has 2 nitrogen and oxygen atoms in total. The second kappa shape index (κ2) is 5.10. The summed E-state index contributed by atoms with van der Waals surface area (Å²) in [5, 5.41) is 2.23. The SMILES string of the molecule is CC[Si](CC)(CC)c1cc2ccccc2[nH]c1=O. The average Bonchev–Trinajstić information content (AvgIpc) is 2.41. The van der Waals surface area contributed by atoms with Crippen LogP contribution in [-0.2, 0) is 0 Å². The highest BCUT2D eigenvalue weighted by Crippen LogP contribution is 2.20. The molecule has 1 N–H and O–H groups in total. The number of pyridine rings is 1. The zero-order valence-electron chi connectivity index (χ0n) is 11.4. The minimum atomic E-state index is -1.60. The Labute approximate surface area is 109 Å². The Kier molecular flexibility index (Phi) is 3.71. The summed E-state index contributed by atoms with van der Waals surface area (Å²) in [7, 11) is -1.60. The van der Waals surface area contributed by atoms with E-state index in [9.17, 15) is 4.79 Å². The highest BCUT2D eigenvalue weighted by Gasteiger charge is 2.31. The lowest BCUT2D eigenvalue weighted by molar-refractivity contribution is 1.18. The Morgan fingerprint density at radius 2 is 1.67 bits per heavy atom. The molecule has 3 heteroatoms. The second-order valence-electron chi connectivity index (χ2n) is 4.94. The van der Waals surface area contributed by atoms with Gasteiger partial charge in [-0.05, 0) is 17.5 Å². The van der Waals surface area contributed by atoms with Crippen molar-refractivity contribution in [3.8, 4) is 0 Å². The molecule has 0 spiro atoms. The van der Waals surface area contributed by atoms with Gasteiger partial charge in [-0.1, -0.05) is 57.1 Å². The van der Waals surface area contributed by atoms with E-state index in [1.807, 2.05) is 18.2 Å². The van der Waals surface area contributed by atoms with Gasteiger partial charge in [0.2, 0.25) is 5.56 Å². The van der Waals surface area contributed by atoms with Gasteiger partial charge in [-0.3, -0.25) is 4.79 Å². The van der Waals surface area contributed by atoms with Gasteiger partial charge >= 0.3 is 0 Å². The minimum Gasteiger partial charge on any atom is -0.322 e. The summed E-state index contributed by atoms with van der Waals surface area (Å²) < 4.78 is 0. The van der Waals surface area contributed by atoms with E-state index >= 15 is 0 Å². The number of aromatic amines is 1. The minimum absolute atomic E-state index is 0.130. The number of para-hydroxylation sites is 1. The van der Waals surface area contributed by atoms with Crippen LogP contribution in [0, 0.1) is 0 Å². The van der Waals surface area contributed by atoms with Crippen LogP contribution in [0.4, 0.5) is 0 Å². The van der Waals surface area contributed by atoms with Crippen molar-refractivity contribution in [3.63, 3.8) is 0 Å². The van der Waals surface area contributed by atoms with Crippen LogP contribution < -0.4 is 10.7 Å². The van der Waals surface area contributed by atoms with E-state index < -0.39 is 8.07 Å². The maximum Gasteiger partial charge on any atom is 0.247 e. The van der Waals surface area contributed by atoms with Gasteiger partial charge in [-0.25, -0.2) is 0 Å². The molecule has 1 aromatic heterocycles. The smallest absolute Gasteiger partial charge is 0.247 e. The summed E-state index contributed by atoms with van der Waals surface area (Å²) >= 11 is 0. The van der Waals surface area contributed by atoms with E-state index in [-0.39, 0.29) is 5.56 Å². The van der Waals surface area contributed by atoms with Crippen molar-refractivity contribution in [2.75, 3.05) is 0 Å². The molecule has 0 atom stereocenters. The van der Waals surface area contributed by atoms with Crippen LogP contribution in [0.2, 0.25) is 18.1 Å². The van der Waals surface area contributed by atoms with Crippen LogP contribution in [0.15, 0.2) is 35.1 Å². The Morgan fingerprint density at radius 1 is 1.06 bits per heavy atom. The van der Waals surface area contributed by atoms with Gasteiger partial charge < -0.3 is 4.98 Å². The standard InChI is InChI=1S/C15H21NOSi/c1-4-18(5-2,6-3)14-11-12-9-7-8-10-13(12)16-15(14)17/h7-11H,4-6H2,1-3H3,(H,16,17). The fraction of sp³-hybridized carbons (Fsp3) is 0.400. The van der Waals surface area contributed by atoms with Crippen LogP contribution in [0.5, 0.6) is 0 Å². The molecule has 1 aromatic carbocycles. The molecule has 0 amide bonds. The molecule has 1 heterocycles. The van der Waals surface area contributed by atoms with Crippen molar-refractivity contribution in [2.24, 2.45) is 0 Å². The normalized spacial score (nSPS) is 11.9. The molecule has 2 aromatic rings. The molecule has 0 bridgehead atoms. The zero-order valence-corrected chi connectivity index (χ0v) is 12.4. The molecule has 0 aliphatic heterocycles. The van der Waals surface area contributed by atoms with E-state index in [2.05, 4.69) is 37.9 Å². The van der Waals surface area contributed by atoms with E-state index in [1.54, 1.807) is 0 Å². The molecular formula is C15H21NOSi. The molecule has 18 heavy (non-hydrogen) atoms. The van der Waals surface area contributed by atoms with E-state index in [1.165, 1.54) is 0 Å². The Balaban J connectivity index is 2.70. The third kappa shape index (κ3) is 2.03. The fourth-order valence-electron chi connectivity index (χ4n) is 2.86. The monoisotopic (exact) mass is 259 g/mol. The van der Waals surface area contributed by atoms with Crippen LogP contribution >= 0.6 is 0 Å². The predicted octanol–water partition coefficient (Wildman–Crippen LogP) is 3.24. The van der Waals surface area contributed by atoms with E-state index in [0.717, 1.165) is 34.2 Å². The number of nitrogens with one attached hydrogen (secondary N) is 1. The lowest BCUT2D eigenvalue weighted by Crippen LogP contribution is -2.53. The molecule has 96 valence electrons. The van der Waals surface area contributed by atoms with Crippen molar-refractivity contribution in [2.45, 2.75) is 38.9 Å². The van der Waals surface area contributed by atoms with Crippen molar-refractivity contribution >= 4 is 24.2 Å². The molecule has 0 unspecified atom stereocenters. The third-order valence-electron chi connectivity index (χ3n) is 4.36. The Hall–Kier alpha value is -1.35. The van der Waals surface area contributed by atoms with Gasteiger partial charge in [0, 0.05) is 10.7 Å². The highest BCUT2D eigenvalue weighted by molar-refractivity contribution is 6.91. The maximum absolute atomic E-state index is 12.3. The first-order valence-electron chi connectivity index (χ1n) is 6.79. The zero-order chi connectivity index (χ0) is 13.2. The van der Waals surface area contributed by atoms with Gasteiger partial charge in [0.15, 0.2) is 0 Å². The van der Waals surface area contributed by atoms with Crippen LogP contribution in [0.1, 0.15) is 20.8 Å². The summed E-state index contributed by atoms with van der Waals surface area (Å²) in [4.78, 5) is 15.4. The lowest BCUT2D eigenvalue weighted by atomic mass is 10.2. The molecule has 0 radical (unpaired) electrons. The molecule has 0 aliphatic carbocycles. The number of fused-ring (bicyclic) bond motifs is 1. The Morgan fingerprint density at radius 3 is 2.28 bits per heavy atom. The third-order valence-corrected chi connectivity index (χ3v) is 9.93. The summed E-state index contributed by atoms with van der Waals surface area (Å²) in [6.07, 6.45) is 0. The van der Waals surface area contributed by atoms with Gasteiger partial charge in [-0.2, -0.15) is 0 Å². The first kappa shape index (κ1) is 13.1. The van der Waals surface area contributed by atoms with Crippen molar-refractivity contribution in [3.05, 3.63) is 40.7 Å². The first-order chi connectivity index (χ1) is 8.66. The first-order valence-corrected chi connectivity index (χ1v) is 9.41. The molecule has 2 rings (SSSR count). The van der Waals surface area contributed by atoms with Crippen LogP contribution in [-0.4, -0.2) is 13.1 Å². The fourth-order valence-corrected chi connectivity index (χ4v) is 6.51. The number of hydrogen-bond acceptors (Lipinski definition) is 1. The summed E-state index contributed by atoms with van der Waals surface area (Å²) in [6.45, 7) is 6.69. The highest BCUT2D eigenvalue weighted by atomic mass is 28.3. The average molecular weight is 259 g/mol. The van der Waals surface area contributed by atoms with Crippen molar-refractivity contribution in [1.29, 1.82) is 0 Å². The largest absolute Gasteiger partial charge is 0.322 e. The summed E-state index contributed by atoms with van der Waals surface area (Å²) in [6, 6.07) is 13.6.